The number of halogens is 1. The molecule has 0 saturated carbocycles. The summed E-state index contributed by atoms with van der Waals surface area (Å²) < 4.78 is 0. The van der Waals surface area contributed by atoms with E-state index in [0.717, 1.165) is 6.08 Å². The molecule has 0 saturated heterocycles. The second-order valence-electron chi connectivity index (χ2n) is 1.93. The average molecular weight is 186 g/mol. The summed E-state index contributed by atoms with van der Waals surface area (Å²) in [5, 5.41) is 8.26. The van der Waals surface area contributed by atoms with Crippen molar-refractivity contribution in [3.8, 4) is 0 Å². The van der Waals surface area contributed by atoms with Gasteiger partial charge in [-0.25, -0.2) is 4.79 Å². The fourth-order valence-electron chi connectivity index (χ4n) is 0.631. The lowest BCUT2D eigenvalue weighted by Crippen LogP contribution is -1.86. The number of rotatable bonds is 2. The molecule has 1 rings (SSSR count). The number of carboxylic acid groups (broad SMARTS) is 1. The van der Waals surface area contributed by atoms with Gasteiger partial charge in [0.05, 0.1) is 5.69 Å². The van der Waals surface area contributed by atoms with E-state index in [-0.39, 0.29) is 12.4 Å². The number of nitrogens with zero attached hydrogens (tertiary/aromatic N) is 1. The van der Waals surface area contributed by atoms with Crippen molar-refractivity contribution in [2.45, 2.75) is 0 Å². The van der Waals surface area contributed by atoms with E-state index < -0.39 is 5.97 Å². The third kappa shape index (κ3) is 3.73. The molecule has 0 radical (unpaired) electrons. The first-order valence-electron chi connectivity index (χ1n) is 3.11. The summed E-state index contributed by atoms with van der Waals surface area (Å²) in [6.07, 6.45) is 4.12. The number of pyridine rings is 1. The zero-order valence-electron chi connectivity index (χ0n) is 6.18. The minimum Gasteiger partial charge on any atom is -0.478 e. The number of carbonyl (C=O) groups is 1. The lowest BCUT2D eigenvalue weighted by atomic mass is 10.3. The molecule has 1 N–H and O–H groups in total. The smallest absolute Gasteiger partial charge is 0.328 e. The predicted molar refractivity (Wildman–Crippen MR) is 48.2 cm³/mol. The highest BCUT2D eigenvalue weighted by Crippen LogP contribution is 1.95. The first-order valence-corrected chi connectivity index (χ1v) is 3.11. The first-order chi connectivity index (χ1) is 5.29. The minimum atomic E-state index is -0.962. The molecule has 3 nitrogen and oxygen atoms in total. The van der Waals surface area contributed by atoms with Crippen molar-refractivity contribution in [3.63, 3.8) is 0 Å². The molecule has 1 heterocycles. The van der Waals surface area contributed by atoms with Crippen molar-refractivity contribution in [1.29, 1.82) is 0 Å². The van der Waals surface area contributed by atoms with Gasteiger partial charge >= 0.3 is 5.97 Å². The van der Waals surface area contributed by atoms with E-state index in [2.05, 4.69) is 4.98 Å². The Morgan fingerprint density at radius 2 is 2.25 bits per heavy atom. The molecular formula is C8H8ClNO2. The molecule has 0 atom stereocenters. The van der Waals surface area contributed by atoms with Crippen LogP contribution in [0.4, 0.5) is 0 Å². The van der Waals surface area contributed by atoms with Crippen LogP contribution in [0.3, 0.4) is 0 Å². The molecule has 0 aliphatic carbocycles. The van der Waals surface area contributed by atoms with E-state index in [1.165, 1.54) is 6.08 Å². The Labute approximate surface area is 76.2 Å². The topological polar surface area (TPSA) is 50.2 Å². The fraction of sp³-hybridized carbons (Fsp3) is 0. The van der Waals surface area contributed by atoms with Gasteiger partial charge in [0.2, 0.25) is 0 Å². The third-order valence-electron chi connectivity index (χ3n) is 1.08. The molecule has 1 aromatic rings. The summed E-state index contributed by atoms with van der Waals surface area (Å²) in [6, 6.07) is 5.31. The van der Waals surface area contributed by atoms with Gasteiger partial charge in [-0.15, -0.1) is 12.4 Å². The second kappa shape index (κ2) is 5.32. The number of hydrogen-bond donors (Lipinski definition) is 1. The van der Waals surface area contributed by atoms with Crippen LogP contribution in [0.2, 0.25) is 0 Å². The van der Waals surface area contributed by atoms with E-state index in [1.807, 2.05) is 0 Å². The van der Waals surface area contributed by atoms with Crippen LogP contribution in [0.5, 0.6) is 0 Å². The maximum atomic E-state index is 10.1. The molecule has 64 valence electrons. The molecule has 0 aliphatic rings. The first kappa shape index (κ1) is 10.7. The van der Waals surface area contributed by atoms with Crippen molar-refractivity contribution in [2.24, 2.45) is 0 Å². The maximum absolute atomic E-state index is 10.1. The third-order valence-corrected chi connectivity index (χ3v) is 1.08. The monoisotopic (exact) mass is 185 g/mol. The van der Waals surface area contributed by atoms with Crippen LogP contribution in [0.1, 0.15) is 5.69 Å². The number of hydrogen-bond acceptors (Lipinski definition) is 2. The lowest BCUT2D eigenvalue weighted by molar-refractivity contribution is -0.131. The van der Waals surface area contributed by atoms with Gasteiger partial charge in [0.15, 0.2) is 0 Å². The standard InChI is InChI=1S/C8H7NO2.ClH/c10-8(11)5-4-7-3-1-2-6-9-7;/h1-6H,(H,10,11);1H/b5-4+;. The van der Waals surface area contributed by atoms with Crippen LogP contribution < -0.4 is 0 Å². The van der Waals surface area contributed by atoms with Gasteiger partial charge in [-0.05, 0) is 18.2 Å². The van der Waals surface area contributed by atoms with E-state index in [0.29, 0.717) is 5.69 Å². The molecule has 0 amide bonds. The molecule has 0 unspecified atom stereocenters. The molecule has 0 spiro atoms. The van der Waals surface area contributed by atoms with Gasteiger partial charge in [0.25, 0.3) is 0 Å². The Bertz CT molecular complexity index is 272. The van der Waals surface area contributed by atoms with Gasteiger partial charge in [0, 0.05) is 12.3 Å². The van der Waals surface area contributed by atoms with E-state index >= 15 is 0 Å². The molecule has 12 heavy (non-hydrogen) atoms. The molecule has 1 aromatic heterocycles. The minimum absolute atomic E-state index is 0. The SMILES string of the molecule is Cl.O=C(O)/C=C/c1ccccn1. The van der Waals surface area contributed by atoms with Gasteiger partial charge in [-0.3, -0.25) is 4.98 Å². The van der Waals surface area contributed by atoms with Crippen molar-refractivity contribution in [3.05, 3.63) is 36.2 Å². The second-order valence-corrected chi connectivity index (χ2v) is 1.93. The Morgan fingerprint density at radius 3 is 2.75 bits per heavy atom. The van der Waals surface area contributed by atoms with Crippen molar-refractivity contribution < 1.29 is 9.90 Å². The summed E-state index contributed by atoms with van der Waals surface area (Å²) in [7, 11) is 0. The maximum Gasteiger partial charge on any atom is 0.328 e. The summed E-state index contributed by atoms with van der Waals surface area (Å²) in [5.41, 5.74) is 0.648. The van der Waals surface area contributed by atoms with Crippen LogP contribution >= 0.6 is 12.4 Å². The predicted octanol–water partition coefficient (Wildman–Crippen LogP) is 1.60. The fourth-order valence-corrected chi connectivity index (χ4v) is 0.631. The van der Waals surface area contributed by atoms with Gasteiger partial charge in [0.1, 0.15) is 0 Å². The highest BCUT2D eigenvalue weighted by Gasteiger charge is 1.87. The zero-order chi connectivity index (χ0) is 8.10. The average Bonchev–Trinajstić information content (AvgIpc) is 2.03. The molecule has 4 heteroatoms. The lowest BCUT2D eigenvalue weighted by Gasteiger charge is -1.87. The highest BCUT2D eigenvalue weighted by atomic mass is 35.5. The van der Waals surface area contributed by atoms with Crippen molar-refractivity contribution in [1.82, 2.24) is 4.98 Å². The number of aliphatic carboxylic acids is 1. The summed E-state index contributed by atoms with van der Waals surface area (Å²) >= 11 is 0. The van der Waals surface area contributed by atoms with Crippen molar-refractivity contribution in [2.75, 3.05) is 0 Å². The molecule has 0 bridgehead atoms. The van der Waals surface area contributed by atoms with Gasteiger partial charge < -0.3 is 5.11 Å². The summed E-state index contributed by atoms with van der Waals surface area (Å²) in [6.45, 7) is 0. The Morgan fingerprint density at radius 1 is 1.50 bits per heavy atom. The van der Waals surface area contributed by atoms with E-state index in [9.17, 15) is 4.79 Å². The Hall–Kier alpha value is -1.35. The normalized spacial score (nSPS) is 9.33. The molecule has 0 fully saturated rings. The van der Waals surface area contributed by atoms with Crippen LogP contribution in [-0.4, -0.2) is 16.1 Å². The Balaban J connectivity index is 0.00000121. The number of carboxylic acids is 1. The highest BCUT2D eigenvalue weighted by molar-refractivity contribution is 5.85. The van der Waals surface area contributed by atoms with Crippen LogP contribution in [0.15, 0.2) is 30.5 Å². The molecular weight excluding hydrogens is 178 g/mol. The largest absolute Gasteiger partial charge is 0.478 e. The van der Waals surface area contributed by atoms with Crippen molar-refractivity contribution >= 4 is 24.5 Å². The van der Waals surface area contributed by atoms with Crippen LogP contribution in [0.25, 0.3) is 6.08 Å². The van der Waals surface area contributed by atoms with Crippen LogP contribution in [0, 0.1) is 0 Å². The van der Waals surface area contributed by atoms with E-state index in [4.69, 9.17) is 5.11 Å². The van der Waals surface area contributed by atoms with Gasteiger partial charge in [-0.1, -0.05) is 6.07 Å². The van der Waals surface area contributed by atoms with Crippen LogP contribution in [-0.2, 0) is 4.79 Å². The Kier molecular flexibility index (Phi) is 4.72. The number of aromatic nitrogens is 1. The van der Waals surface area contributed by atoms with Gasteiger partial charge in [-0.2, -0.15) is 0 Å². The zero-order valence-corrected chi connectivity index (χ0v) is 6.99. The van der Waals surface area contributed by atoms with E-state index in [1.54, 1.807) is 24.4 Å². The summed E-state index contributed by atoms with van der Waals surface area (Å²) in [5.74, 6) is -0.962. The summed E-state index contributed by atoms with van der Waals surface area (Å²) in [4.78, 5) is 14.0. The molecule has 0 aromatic carbocycles. The quantitative estimate of drug-likeness (QED) is 0.713. The molecule has 0 aliphatic heterocycles.